The number of pyridine rings is 1. The fourth-order valence-electron chi connectivity index (χ4n) is 2.04. The van der Waals surface area contributed by atoms with E-state index in [9.17, 15) is 0 Å². The maximum atomic E-state index is 5.86. The van der Waals surface area contributed by atoms with E-state index in [0.29, 0.717) is 11.3 Å². The van der Waals surface area contributed by atoms with Crippen LogP contribution in [0.4, 0.5) is 5.69 Å². The van der Waals surface area contributed by atoms with E-state index in [-0.39, 0.29) is 6.23 Å². The van der Waals surface area contributed by atoms with Crippen LogP contribution in [-0.4, -0.2) is 21.4 Å². The minimum atomic E-state index is 0.0438. The summed E-state index contributed by atoms with van der Waals surface area (Å²) < 4.78 is 7.51. The Bertz CT molecular complexity index is 502. The average Bonchev–Trinajstić information content (AvgIpc) is 2.76. The zero-order chi connectivity index (χ0) is 11.0. The Hall–Kier alpha value is -1.62. The van der Waals surface area contributed by atoms with Crippen molar-refractivity contribution in [2.75, 3.05) is 12.3 Å². The minimum Gasteiger partial charge on any atom is -0.398 e. The molecule has 2 aromatic heterocycles. The third kappa shape index (κ3) is 1.53. The van der Waals surface area contributed by atoms with Crippen LogP contribution < -0.4 is 5.73 Å². The molecule has 1 atom stereocenters. The molecular formula is C11H14N4O. The Labute approximate surface area is 93.2 Å². The molecule has 0 radical (unpaired) electrons. The van der Waals surface area contributed by atoms with Gasteiger partial charge in [0, 0.05) is 24.7 Å². The minimum absolute atomic E-state index is 0.0438. The summed E-state index contributed by atoms with van der Waals surface area (Å²) in [6, 6.07) is 1.79. The van der Waals surface area contributed by atoms with Gasteiger partial charge in [0.25, 0.3) is 0 Å². The molecular weight excluding hydrogens is 204 g/mol. The van der Waals surface area contributed by atoms with Crippen molar-refractivity contribution in [1.82, 2.24) is 14.8 Å². The highest BCUT2D eigenvalue weighted by atomic mass is 16.5. The lowest BCUT2D eigenvalue weighted by Crippen LogP contribution is -2.18. The van der Waals surface area contributed by atoms with Crippen LogP contribution in [0.2, 0.25) is 0 Å². The maximum absolute atomic E-state index is 5.86. The number of ether oxygens (including phenoxy) is 1. The van der Waals surface area contributed by atoms with Crippen LogP contribution in [0.3, 0.4) is 0 Å². The molecule has 1 saturated heterocycles. The zero-order valence-corrected chi connectivity index (χ0v) is 8.97. The first-order valence-electron chi connectivity index (χ1n) is 5.55. The molecule has 1 unspecified atom stereocenters. The van der Waals surface area contributed by atoms with Crippen LogP contribution in [0.1, 0.15) is 25.5 Å². The largest absolute Gasteiger partial charge is 0.398 e. The van der Waals surface area contributed by atoms with E-state index >= 15 is 0 Å². The number of fused-ring (bicyclic) bond motifs is 1. The molecule has 1 fully saturated rings. The molecule has 0 spiro atoms. The first kappa shape index (κ1) is 9.59. The Morgan fingerprint density at radius 3 is 3.12 bits per heavy atom. The van der Waals surface area contributed by atoms with Crippen molar-refractivity contribution in [2.45, 2.75) is 25.5 Å². The highest BCUT2D eigenvalue weighted by Crippen LogP contribution is 2.25. The molecule has 16 heavy (non-hydrogen) atoms. The molecule has 1 aliphatic rings. The lowest BCUT2D eigenvalue weighted by atomic mass is 10.2. The Balaban J connectivity index is 2.01. The number of nitrogens with two attached hydrogens (primary N) is 1. The predicted octanol–water partition coefficient (Wildman–Crippen LogP) is 1.71. The van der Waals surface area contributed by atoms with E-state index in [0.717, 1.165) is 24.8 Å². The molecule has 0 aromatic carbocycles. The smallest absolute Gasteiger partial charge is 0.183 e. The topological polar surface area (TPSA) is 66.0 Å². The van der Waals surface area contributed by atoms with Crippen molar-refractivity contribution in [3.8, 4) is 0 Å². The molecule has 0 aliphatic carbocycles. The summed E-state index contributed by atoms with van der Waals surface area (Å²) in [6.45, 7) is 0.809. The van der Waals surface area contributed by atoms with E-state index in [1.807, 2.05) is 10.9 Å². The summed E-state index contributed by atoms with van der Waals surface area (Å²) in [4.78, 5) is 4.19. The Morgan fingerprint density at radius 2 is 2.38 bits per heavy atom. The lowest BCUT2D eigenvalue weighted by molar-refractivity contribution is -0.0391. The molecule has 0 saturated carbocycles. The van der Waals surface area contributed by atoms with Crippen molar-refractivity contribution < 1.29 is 4.74 Å². The second kappa shape index (κ2) is 3.75. The summed E-state index contributed by atoms with van der Waals surface area (Å²) in [5.74, 6) is 0. The number of rotatable bonds is 1. The lowest BCUT2D eigenvalue weighted by Gasteiger charge is -2.22. The number of aromatic nitrogens is 3. The molecule has 0 bridgehead atoms. The van der Waals surface area contributed by atoms with Gasteiger partial charge in [-0.05, 0) is 25.3 Å². The molecule has 1 aliphatic heterocycles. The molecule has 3 rings (SSSR count). The molecule has 0 amide bonds. The van der Waals surface area contributed by atoms with Crippen LogP contribution in [-0.2, 0) is 4.74 Å². The standard InChI is InChI=1S/C11H14N4O/c12-9-4-5-13-11-8(9)7-15(14-11)10-3-1-2-6-16-10/h4-5,7,10H,1-3,6,12H2. The molecule has 2 aromatic rings. The van der Waals surface area contributed by atoms with Crippen LogP contribution in [0.15, 0.2) is 18.5 Å². The normalized spacial score (nSPS) is 21.4. The van der Waals surface area contributed by atoms with Gasteiger partial charge in [-0.15, -0.1) is 5.10 Å². The summed E-state index contributed by atoms with van der Waals surface area (Å²) in [6.07, 6.45) is 6.97. The monoisotopic (exact) mass is 218 g/mol. The molecule has 2 N–H and O–H groups in total. The summed E-state index contributed by atoms with van der Waals surface area (Å²) >= 11 is 0. The quantitative estimate of drug-likeness (QED) is 0.791. The summed E-state index contributed by atoms with van der Waals surface area (Å²) in [7, 11) is 0. The van der Waals surface area contributed by atoms with Gasteiger partial charge in [0.1, 0.15) is 6.23 Å². The number of hydrogen-bond donors (Lipinski definition) is 1. The van der Waals surface area contributed by atoms with Gasteiger partial charge in [-0.3, -0.25) is 0 Å². The third-order valence-electron chi connectivity index (χ3n) is 2.93. The molecule has 3 heterocycles. The van der Waals surface area contributed by atoms with E-state index in [1.165, 1.54) is 6.42 Å². The number of nitrogens with zero attached hydrogens (tertiary/aromatic N) is 3. The highest BCUT2D eigenvalue weighted by Gasteiger charge is 2.17. The van der Waals surface area contributed by atoms with Crippen LogP contribution >= 0.6 is 0 Å². The average molecular weight is 218 g/mol. The predicted molar refractivity (Wildman–Crippen MR) is 60.8 cm³/mol. The van der Waals surface area contributed by atoms with Crippen molar-refractivity contribution in [2.24, 2.45) is 0 Å². The van der Waals surface area contributed by atoms with E-state index in [1.54, 1.807) is 12.3 Å². The second-order valence-electron chi connectivity index (χ2n) is 4.07. The first-order chi connectivity index (χ1) is 7.84. The van der Waals surface area contributed by atoms with Crippen LogP contribution in [0.5, 0.6) is 0 Å². The van der Waals surface area contributed by atoms with E-state index < -0.39 is 0 Å². The van der Waals surface area contributed by atoms with Crippen molar-refractivity contribution in [1.29, 1.82) is 0 Å². The van der Waals surface area contributed by atoms with Crippen LogP contribution in [0, 0.1) is 0 Å². The highest BCUT2D eigenvalue weighted by molar-refractivity contribution is 5.86. The number of hydrogen-bond acceptors (Lipinski definition) is 4. The van der Waals surface area contributed by atoms with Crippen molar-refractivity contribution in [3.05, 3.63) is 18.5 Å². The van der Waals surface area contributed by atoms with Gasteiger partial charge in [-0.2, -0.15) is 0 Å². The summed E-state index contributed by atoms with van der Waals surface area (Å²) in [5.41, 5.74) is 7.27. The van der Waals surface area contributed by atoms with Gasteiger partial charge in [-0.1, -0.05) is 0 Å². The van der Waals surface area contributed by atoms with Crippen molar-refractivity contribution >= 4 is 16.7 Å². The number of nitrogen functional groups attached to an aromatic ring is 1. The van der Waals surface area contributed by atoms with E-state index in [2.05, 4.69) is 10.1 Å². The van der Waals surface area contributed by atoms with E-state index in [4.69, 9.17) is 10.5 Å². The van der Waals surface area contributed by atoms with Crippen LogP contribution in [0.25, 0.3) is 11.0 Å². The molecule has 84 valence electrons. The fraction of sp³-hybridized carbons (Fsp3) is 0.455. The zero-order valence-electron chi connectivity index (χ0n) is 8.97. The third-order valence-corrected chi connectivity index (χ3v) is 2.93. The second-order valence-corrected chi connectivity index (χ2v) is 4.07. The SMILES string of the molecule is Nc1ccnc2nn(C3CCCCO3)cc12. The fourth-order valence-corrected chi connectivity index (χ4v) is 2.04. The van der Waals surface area contributed by atoms with Gasteiger partial charge in [0.15, 0.2) is 5.65 Å². The first-order valence-corrected chi connectivity index (χ1v) is 5.55. The summed E-state index contributed by atoms with van der Waals surface area (Å²) in [5, 5.41) is 5.30. The number of anilines is 1. The van der Waals surface area contributed by atoms with Crippen molar-refractivity contribution in [3.63, 3.8) is 0 Å². The van der Waals surface area contributed by atoms with Gasteiger partial charge in [-0.25, -0.2) is 9.67 Å². The maximum Gasteiger partial charge on any atom is 0.183 e. The van der Waals surface area contributed by atoms with Gasteiger partial charge in [0.2, 0.25) is 0 Å². The Kier molecular flexibility index (Phi) is 2.25. The van der Waals surface area contributed by atoms with Gasteiger partial charge in [0.05, 0.1) is 5.39 Å². The molecule has 5 heteroatoms. The Morgan fingerprint density at radius 1 is 1.44 bits per heavy atom. The van der Waals surface area contributed by atoms with Gasteiger partial charge < -0.3 is 10.5 Å². The van der Waals surface area contributed by atoms with Gasteiger partial charge >= 0.3 is 0 Å². The molecule has 5 nitrogen and oxygen atoms in total.